The van der Waals surface area contributed by atoms with Crippen LogP contribution >= 0.6 is 0 Å². The van der Waals surface area contributed by atoms with Gasteiger partial charge in [-0.3, -0.25) is 4.79 Å². The fourth-order valence-corrected chi connectivity index (χ4v) is 2.75. The van der Waals surface area contributed by atoms with Crippen molar-refractivity contribution in [2.75, 3.05) is 26.9 Å². The number of carbonyl (C=O) groups excluding carboxylic acids is 1. The molecule has 1 amide bonds. The molecule has 0 N–H and O–H groups in total. The fraction of sp³-hybridized carbons (Fsp3) is 0.562. The van der Waals surface area contributed by atoms with E-state index in [1.54, 1.807) is 13.3 Å². The lowest BCUT2D eigenvalue weighted by Gasteiger charge is -2.27. The number of nitrogens with zero attached hydrogens (tertiary/aromatic N) is 4. The van der Waals surface area contributed by atoms with E-state index in [1.165, 1.54) is 0 Å². The summed E-state index contributed by atoms with van der Waals surface area (Å²) in [7, 11) is 1.61. The lowest BCUT2D eigenvalue weighted by molar-refractivity contribution is -0.133. The molecule has 0 spiro atoms. The van der Waals surface area contributed by atoms with Gasteiger partial charge in [0.25, 0.3) is 0 Å². The summed E-state index contributed by atoms with van der Waals surface area (Å²) in [5.74, 6) is 1.67. The Balaban J connectivity index is 1.69. The van der Waals surface area contributed by atoms with Crippen molar-refractivity contribution in [1.82, 2.24) is 19.4 Å². The molecule has 1 aliphatic heterocycles. The molecular weight excluding hydrogens is 296 g/mol. The summed E-state index contributed by atoms with van der Waals surface area (Å²) < 4.78 is 12.7. The van der Waals surface area contributed by atoms with Crippen molar-refractivity contribution in [1.29, 1.82) is 0 Å². The molecule has 0 saturated heterocycles. The second-order valence-corrected chi connectivity index (χ2v) is 5.58. The Bertz CT molecular complexity index is 698. The average molecular weight is 318 g/mol. The third kappa shape index (κ3) is 3.29. The minimum absolute atomic E-state index is 0.116. The number of hydrogen-bond acceptors (Lipinski definition) is 5. The Hall–Kier alpha value is -2.15. The van der Waals surface area contributed by atoms with Gasteiger partial charge >= 0.3 is 0 Å². The summed E-state index contributed by atoms with van der Waals surface area (Å²) in [6, 6.07) is 1.87. The summed E-state index contributed by atoms with van der Waals surface area (Å²) in [6.07, 6.45) is 3.09. The van der Waals surface area contributed by atoms with Crippen LogP contribution in [0.2, 0.25) is 0 Å². The number of aromatic nitrogens is 3. The molecule has 23 heavy (non-hydrogen) atoms. The maximum atomic E-state index is 12.3. The van der Waals surface area contributed by atoms with Crippen LogP contribution in [0.1, 0.15) is 25.6 Å². The van der Waals surface area contributed by atoms with Crippen molar-refractivity contribution in [2.45, 2.75) is 32.9 Å². The molecule has 0 saturated carbocycles. The Kier molecular flexibility index (Phi) is 4.76. The second-order valence-electron chi connectivity index (χ2n) is 5.58. The van der Waals surface area contributed by atoms with E-state index in [-0.39, 0.29) is 5.91 Å². The predicted octanol–water partition coefficient (Wildman–Crippen LogP) is 1.60. The lowest BCUT2D eigenvalue weighted by atomic mass is 10.3. The minimum Gasteiger partial charge on any atom is -0.495 e. The smallest absolute Gasteiger partial charge is 0.225 e. The van der Waals surface area contributed by atoms with Crippen molar-refractivity contribution < 1.29 is 14.3 Å². The van der Waals surface area contributed by atoms with E-state index < -0.39 is 0 Å². The number of pyridine rings is 1. The highest BCUT2D eigenvalue weighted by atomic mass is 16.5. The van der Waals surface area contributed by atoms with Gasteiger partial charge in [0.2, 0.25) is 5.91 Å². The quantitative estimate of drug-likeness (QED) is 0.757. The highest BCUT2D eigenvalue weighted by Crippen LogP contribution is 2.22. The van der Waals surface area contributed by atoms with Gasteiger partial charge in [-0.2, -0.15) is 0 Å². The Morgan fingerprint density at radius 1 is 1.35 bits per heavy atom. The molecule has 0 radical (unpaired) electrons. The van der Waals surface area contributed by atoms with Crippen LogP contribution in [0.5, 0.6) is 5.75 Å². The van der Waals surface area contributed by atoms with Gasteiger partial charge in [0.15, 0.2) is 5.65 Å². The van der Waals surface area contributed by atoms with E-state index in [9.17, 15) is 4.79 Å². The second kappa shape index (κ2) is 6.95. The first kappa shape index (κ1) is 15.7. The monoisotopic (exact) mass is 318 g/mol. The zero-order valence-corrected chi connectivity index (χ0v) is 13.6. The molecule has 124 valence electrons. The number of amides is 1. The predicted molar refractivity (Wildman–Crippen MR) is 85.2 cm³/mol. The van der Waals surface area contributed by atoms with Crippen molar-refractivity contribution in [2.24, 2.45) is 0 Å². The molecule has 2 aromatic rings. The number of hydrogen-bond donors (Lipinski definition) is 0. The van der Waals surface area contributed by atoms with Crippen LogP contribution in [0.15, 0.2) is 12.3 Å². The molecule has 0 bridgehead atoms. The van der Waals surface area contributed by atoms with Crippen molar-refractivity contribution in [3.8, 4) is 5.75 Å². The fourth-order valence-electron chi connectivity index (χ4n) is 2.75. The van der Waals surface area contributed by atoms with Crippen LogP contribution in [0.3, 0.4) is 0 Å². The van der Waals surface area contributed by atoms with Gasteiger partial charge in [-0.15, -0.1) is 0 Å². The van der Waals surface area contributed by atoms with Gasteiger partial charge in [-0.25, -0.2) is 9.97 Å². The molecule has 0 atom stereocenters. The number of fused-ring (bicyclic) bond motifs is 3. The summed E-state index contributed by atoms with van der Waals surface area (Å²) in [5, 5.41) is 0. The molecule has 3 heterocycles. The van der Waals surface area contributed by atoms with E-state index in [0.29, 0.717) is 45.0 Å². The first-order valence-electron chi connectivity index (χ1n) is 7.97. The molecule has 7 heteroatoms. The van der Waals surface area contributed by atoms with Crippen LogP contribution in [0.25, 0.3) is 11.2 Å². The maximum Gasteiger partial charge on any atom is 0.225 e. The van der Waals surface area contributed by atoms with Gasteiger partial charge in [-0.1, -0.05) is 6.92 Å². The van der Waals surface area contributed by atoms with Gasteiger partial charge in [0.1, 0.15) is 17.1 Å². The first-order valence-corrected chi connectivity index (χ1v) is 7.97. The Labute approximate surface area is 135 Å². The molecule has 0 fully saturated rings. The van der Waals surface area contributed by atoms with Crippen LogP contribution in [-0.4, -0.2) is 52.2 Å². The average Bonchev–Trinajstić information content (AvgIpc) is 2.95. The van der Waals surface area contributed by atoms with E-state index in [2.05, 4.69) is 21.5 Å². The van der Waals surface area contributed by atoms with Gasteiger partial charge < -0.3 is 18.9 Å². The number of imidazole rings is 1. The number of rotatable bonds is 6. The molecule has 0 unspecified atom stereocenters. The van der Waals surface area contributed by atoms with Crippen molar-refractivity contribution in [3.63, 3.8) is 0 Å². The summed E-state index contributed by atoms with van der Waals surface area (Å²) >= 11 is 0. The zero-order valence-electron chi connectivity index (χ0n) is 13.6. The molecular formula is C16H22N4O3. The number of methoxy groups -OCH3 is 1. The van der Waals surface area contributed by atoms with Crippen molar-refractivity contribution in [3.05, 3.63) is 18.1 Å². The van der Waals surface area contributed by atoms with Crippen LogP contribution in [-0.2, 0) is 22.6 Å². The zero-order chi connectivity index (χ0) is 16.2. The largest absolute Gasteiger partial charge is 0.495 e. The van der Waals surface area contributed by atoms with Crippen LogP contribution in [0.4, 0.5) is 0 Å². The van der Waals surface area contributed by atoms with E-state index in [4.69, 9.17) is 9.47 Å². The van der Waals surface area contributed by atoms with Gasteiger partial charge in [0.05, 0.1) is 32.9 Å². The van der Waals surface area contributed by atoms with Crippen LogP contribution in [0, 0.1) is 0 Å². The SMILES string of the molecule is CCCOCCC(=O)N1CCn2c(nc3cc(OC)cnc32)C1. The molecule has 2 aromatic heterocycles. The first-order chi connectivity index (χ1) is 11.2. The van der Waals surface area contributed by atoms with Gasteiger partial charge in [0, 0.05) is 25.8 Å². The highest BCUT2D eigenvalue weighted by molar-refractivity contribution is 5.77. The molecule has 3 rings (SSSR count). The third-order valence-electron chi connectivity index (χ3n) is 3.96. The third-order valence-corrected chi connectivity index (χ3v) is 3.96. The topological polar surface area (TPSA) is 69.5 Å². The Morgan fingerprint density at radius 3 is 3.00 bits per heavy atom. The summed E-state index contributed by atoms with van der Waals surface area (Å²) in [5.41, 5.74) is 1.65. The van der Waals surface area contributed by atoms with Crippen molar-refractivity contribution >= 4 is 17.1 Å². The number of ether oxygens (including phenoxy) is 2. The van der Waals surface area contributed by atoms with Gasteiger partial charge in [-0.05, 0) is 6.42 Å². The van der Waals surface area contributed by atoms with E-state index in [1.807, 2.05) is 11.0 Å². The summed E-state index contributed by atoms with van der Waals surface area (Å²) in [4.78, 5) is 23.1. The minimum atomic E-state index is 0.116. The number of carbonyl (C=O) groups is 1. The standard InChI is InChI=1S/C16H22N4O3/c1-3-7-23-8-4-15(21)19-5-6-20-14(11-19)18-13-9-12(22-2)10-17-16(13)20/h9-10H,3-8,11H2,1-2H3. The summed E-state index contributed by atoms with van der Waals surface area (Å²) in [6.45, 7) is 5.16. The lowest BCUT2D eigenvalue weighted by Crippen LogP contribution is -2.38. The molecule has 0 aromatic carbocycles. The van der Waals surface area contributed by atoms with E-state index >= 15 is 0 Å². The molecule has 1 aliphatic rings. The molecule has 0 aliphatic carbocycles. The Morgan fingerprint density at radius 2 is 2.22 bits per heavy atom. The normalized spacial score (nSPS) is 14.1. The maximum absolute atomic E-state index is 12.3. The molecule has 7 nitrogen and oxygen atoms in total. The van der Waals surface area contributed by atoms with E-state index in [0.717, 1.165) is 23.4 Å². The highest BCUT2D eigenvalue weighted by Gasteiger charge is 2.24. The van der Waals surface area contributed by atoms with Crippen LogP contribution < -0.4 is 4.74 Å².